The van der Waals surface area contributed by atoms with Gasteiger partial charge < -0.3 is 20.9 Å². The van der Waals surface area contributed by atoms with Crippen molar-refractivity contribution < 1.29 is 14.4 Å². The molecule has 0 unspecified atom stereocenters. The lowest BCUT2D eigenvalue weighted by molar-refractivity contribution is -0.128. The van der Waals surface area contributed by atoms with Crippen LogP contribution in [0.15, 0.2) is 42.5 Å². The van der Waals surface area contributed by atoms with Crippen LogP contribution in [0, 0.1) is 0 Å². The number of nitrogens with zero attached hydrogens (tertiary/aromatic N) is 1. The molecular weight excluding hydrogens is 416 g/mol. The normalized spacial score (nSPS) is 10.3. The first kappa shape index (κ1) is 24.2. The number of anilines is 3. The van der Waals surface area contributed by atoms with Crippen molar-refractivity contribution in [3.8, 4) is 0 Å². The van der Waals surface area contributed by atoms with Gasteiger partial charge in [-0.2, -0.15) is 0 Å². The summed E-state index contributed by atoms with van der Waals surface area (Å²) in [4.78, 5) is 37.3. The van der Waals surface area contributed by atoms with Gasteiger partial charge in [0.2, 0.25) is 17.7 Å². The molecule has 0 aliphatic rings. The summed E-state index contributed by atoms with van der Waals surface area (Å²) in [6.07, 6.45) is 2.30. The van der Waals surface area contributed by atoms with E-state index in [-0.39, 0.29) is 24.3 Å². The van der Waals surface area contributed by atoms with E-state index in [0.29, 0.717) is 41.3 Å². The molecule has 0 aromatic heterocycles. The van der Waals surface area contributed by atoms with Crippen LogP contribution in [0.25, 0.3) is 0 Å². The van der Waals surface area contributed by atoms with Crippen LogP contribution in [0.4, 0.5) is 17.1 Å². The maximum absolute atomic E-state index is 12.3. The Bertz CT molecular complexity index is 914. The Balaban J connectivity index is 1.86. The molecule has 0 atom stereocenters. The van der Waals surface area contributed by atoms with Crippen molar-refractivity contribution in [2.45, 2.75) is 32.6 Å². The van der Waals surface area contributed by atoms with Gasteiger partial charge in [0, 0.05) is 38.3 Å². The molecule has 2 aromatic rings. The molecule has 2 aromatic carbocycles. The summed E-state index contributed by atoms with van der Waals surface area (Å²) in [5.41, 5.74) is 2.88. The number of carbonyl (C=O) groups excluding carboxylic acids is 3. The van der Waals surface area contributed by atoms with Gasteiger partial charge in [0.05, 0.1) is 17.3 Å². The third kappa shape index (κ3) is 8.30. The molecule has 0 heterocycles. The minimum atomic E-state index is -0.230. The fourth-order valence-corrected chi connectivity index (χ4v) is 2.98. The Hall–Kier alpha value is -3.06. The van der Waals surface area contributed by atoms with Crippen LogP contribution in [-0.4, -0.2) is 43.3 Å². The Labute approximate surface area is 188 Å². The maximum Gasteiger partial charge on any atom is 0.243 e. The number of aryl methyl sites for hydroxylation is 1. The fourth-order valence-electron chi connectivity index (χ4n) is 2.80. The molecule has 0 fully saturated rings. The number of hydrogen-bond acceptors (Lipinski definition) is 4. The van der Waals surface area contributed by atoms with Gasteiger partial charge in [0.1, 0.15) is 0 Å². The first-order chi connectivity index (χ1) is 14.8. The summed E-state index contributed by atoms with van der Waals surface area (Å²) in [5.74, 6) is -0.216. The predicted octanol–water partition coefficient (Wildman–Crippen LogP) is 4.15. The average molecular weight is 445 g/mol. The van der Waals surface area contributed by atoms with Gasteiger partial charge in [0.25, 0.3) is 0 Å². The van der Waals surface area contributed by atoms with E-state index in [1.54, 1.807) is 37.2 Å². The Morgan fingerprint density at radius 2 is 1.55 bits per heavy atom. The second-order valence-corrected chi connectivity index (χ2v) is 7.79. The molecule has 0 aliphatic heterocycles. The van der Waals surface area contributed by atoms with Gasteiger partial charge in [-0.3, -0.25) is 14.4 Å². The van der Waals surface area contributed by atoms with E-state index < -0.39 is 0 Å². The minimum Gasteiger partial charge on any atom is -0.375 e. The number of carbonyl (C=O) groups is 3. The molecular formula is C23H29ClN4O3. The summed E-state index contributed by atoms with van der Waals surface area (Å²) in [5, 5.41) is 9.07. The van der Waals surface area contributed by atoms with Gasteiger partial charge in [-0.25, -0.2) is 0 Å². The van der Waals surface area contributed by atoms with E-state index in [2.05, 4.69) is 16.0 Å². The van der Waals surface area contributed by atoms with E-state index in [1.165, 1.54) is 0 Å². The third-order valence-corrected chi connectivity index (χ3v) is 4.86. The molecule has 3 amide bonds. The van der Waals surface area contributed by atoms with E-state index in [9.17, 15) is 14.4 Å². The van der Waals surface area contributed by atoms with Crippen LogP contribution in [0.1, 0.15) is 31.7 Å². The molecule has 0 radical (unpaired) electrons. The van der Waals surface area contributed by atoms with Crippen molar-refractivity contribution in [2.24, 2.45) is 0 Å². The highest BCUT2D eigenvalue weighted by molar-refractivity contribution is 6.33. The molecule has 0 saturated heterocycles. The number of hydrogen-bond donors (Lipinski definition) is 3. The Morgan fingerprint density at radius 1 is 0.903 bits per heavy atom. The van der Waals surface area contributed by atoms with Crippen LogP contribution in [-0.2, 0) is 20.8 Å². The number of amides is 3. The van der Waals surface area contributed by atoms with Crippen molar-refractivity contribution in [1.82, 2.24) is 4.90 Å². The molecule has 0 bridgehead atoms. The summed E-state index contributed by atoms with van der Waals surface area (Å²) in [6, 6.07) is 12.5. The lowest BCUT2D eigenvalue weighted by Crippen LogP contribution is -2.22. The van der Waals surface area contributed by atoms with Crippen molar-refractivity contribution in [1.29, 1.82) is 0 Å². The first-order valence-electron chi connectivity index (χ1n) is 10.2. The van der Waals surface area contributed by atoms with Crippen LogP contribution in [0.3, 0.4) is 0 Å². The molecule has 0 spiro atoms. The highest BCUT2D eigenvalue weighted by Gasteiger charge is 2.08. The summed E-state index contributed by atoms with van der Waals surface area (Å²) >= 11 is 6.19. The standard InChI is InChI=1S/C23H29ClN4O3/c1-4-5-21(29)27-18-11-12-19(24)20(14-18)25-15-22(30)26-17-9-6-16(7-10-17)8-13-23(31)28(2)3/h6-7,9-12,14,25H,4-5,8,13,15H2,1-3H3,(H,26,30)(H,27,29). The van der Waals surface area contributed by atoms with Gasteiger partial charge in [0.15, 0.2) is 0 Å². The van der Waals surface area contributed by atoms with Crippen LogP contribution >= 0.6 is 11.6 Å². The molecule has 0 aliphatic carbocycles. The minimum absolute atomic E-state index is 0.0190. The molecule has 166 valence electrons. The van der Waals surface area contributed by atoms with Crippen LogP contribution < -0.4 is 16.0 Å². The van der Waals surface area contributed by atoms with Crippen molar-refractivity contribution in [3.63, 3.8) is 0 Å². The van der Waals surface area contributed by atoms with Crippen LogP contribution in [0.5, 0.6) is 0 Å². The quantitative estimate of drug-likeness (QED) is 0.513. The Kier molecular flexibility index (Phi) is 9.34. The highest BCUT2D eigenvalue weighted by Crippen LogP contribution is 2.25. The summed E-state index contributed by atoms with van der Waals surface area (Å²) < 4.78 is 0. The lowest BCUT2D eigenvalue weighted by atomic mass is 10.1. The number of nitrogens with one attached hydrogen (secondary N) is 3. The number of rotatable bonds is 10. The molecule has 2 rings (SSSR count). The summed E-state index contributed by atoms with van der Waals surface area (Å²) in [6.45, 7) is 1.96. The zero-order valence-corrected chi connectivity index (χ0v) is 18.9. The van der Waals surface area contributed by atoms with Crippen LogP contribution in [0.2, 0.25) is 5.02 Å². The lowest BCUT2D eigenvalue weighted by Gasteiger charge is -2.12. The van der Waals surface area contributed by atoms with Gasteiger partial charge in [-0.05, 0) is 48.7 Å². The third-order valence-electron chi connectivity index (χ3n) is 4.53. The fraction of sp³-hybridized carbons (Fsp3) is 0.348. The molecule has 0 saturated carbocycles. The zero-order chi connectivity index (χ0) is 22.8. The van der Waals surface area contributed by atoms with E-state index >= 15 is 0 Å². The van der Waals surface area contributed by atoms with E-state index in [4.69, 9.17) is 11.6 Å². The van der Waals surface area contributed by atoms with Crippen molar-refractivity contribution in [2.75, 3.05) is 36.6 Å². The number of benzene rings is 2. The van der Waals surface area contributed by atoms with E-state index in [0.717, 1.165) is 12.0 Å². The smallest absolute Gasteiger partial charge is 0.243 e. The molecule has 31 heavy (non-hydrogen) atoms. The maximum atomic E-state index is 12.3. The van der Waals surface area contributed by atoms with Gasteiger partial charge in [-0.15, -0.1) is 0 Å². The zero-order valence-electron chi connectivity index (χ0n) is 18.1. The van der Waals surface area contributed by atoms with Crippen molar-refractivity contribution >= 4 is 46.4 Å². The summed E-state index contributed by atoms with van der Waals surface area (Å²) in [7, 11) is 3.47. The monoisotopic (exact) mass is 444 g/mol. The number of halogens is 1. The molecule has 3 N–H and O–H groups in total. The second kappa shape index (κ2) is 12.0. The van der Waals surface area contributed by atoms with E-state index in [1.807, 2.05) is 31.2 Å². The SMILES string of the molecule is CCCC(=O)Nc1ccc(Cl)c(NCC(=O)Nc2ccc(CCC(=O)N(C)C)cc2)c1. The highest BCUT2D eigenvalue weighted by atomic mass is 35.5. The predicted molar refractivity (Wildman–Crippen MR) is 126 cm³/mol. The largest absolute Gasteiger partial charge is 0.375 e. The van der Waals surface area contributed by atoms with Gasteiger partial charge in [-0.1, -0.05) is 30.7 Å². The average Bonchev–Trinajstić information content (AvgIpc) is 2.73. The molecule has 8 heteroatoms. The van der Waals surface area contributed by atoms with Gasteiger partial charge >= 0.3 is 0 Å². The second-order valence-electron chi connectivity index (χ2n) is 7.38. The Morgan fingerprint density at radius 3 is 2.19 bits per heavy atom. The topological polar surface area (TPSA) is 90.5 Å². The van der Waals surface area contributed by atoms with Crippen molar-refractivity contribution in [3.05, 3.63) is 53.1 Å². The first-order valence-corrected chi connectivity index (χ1v) is 10.6. The molecule has 7 nitrogen and oxygen atoms in total.